The first-order valence-corrected chi connectivity index (χ1v) is 9.15. The van der Waals surface area contributed by atoms with Gasteiger partial charge in [-0.1, -0.05) is 12.2 Å². The fraction of sp³-hybridized carbons (Fsp3) is 0.400. The summed E-state index contributed by atoms with van der Waals surface area (Å²) in [6.45, 7) is 1.22. The Morgan fingerprint density at radius 3 is 2.74 bits per heavy atom. The van der Waals surface area contributed by atoms with Crippen molar-refractivity contribution in [2.24, 2.45) is 0 Å². The fourth-order valence-electron chi connectivity index (χ4n) is 3.84. The van der Waals surface area contributed by atoms with Gasteiger partial charge >= 0.3 is 5.97 Å². The number of halogens is 1. The lowest BCUT2D eigenvalue weighted by atomic mass is 10.1. The molecule has 2 heterocycles. The highest BCUT2D eigenvalue weighted by molar-refractivity contribution is 5.93. The quantitative estimate of drug-likeness (QED) is 0.805. The standard InChI is InChI=1S/C20H21FN2O4/c21-16-8-14-18(9-17(16)22-12-4-3-7-27-11-12)23(13-5-1-2-6-13)10-15(19(14)24)20(25)26/h1-2,8-10,12-13,22H,3-7,11H2,(H,25,26). The third-order valence-corrected chi connectivity index (χ3v) is 5.25. The third-order valence-electron chi connectivity index (χ3n) is 5.25. The number of carboxylic acid groups (broad SMARTS) is 1. The van der Waals surface area contributed by atoms with E-state index in [2.05, 4.69) is 5.32 Å². The van der Waals surface area contributed by atoms with Crippen LogP contribution in [0.25, 0.3) is 10.9 Å². The summed E-state index contributed by atoms with van der Waals surface area (Å²) in [6, 6.07) is 2.79. The molecule has 2 aromatic rings. The van der Waals surface area contributed by atoms with Gasteiger partial charge in [-0.15, -0.1) is 0 Å². The molecule has 2 aliphatic rings. The van der Waals surface area contributed by atoms with Gasteiger partial charge < -0.3 is 19.7 Å². The van der Waals surface area contributed by atoms with Crippen LogP contribution in [0, 0.1) is 5.82 Å². The molecule has 0 amide bonds. The average molecular weight is 372 g/mol. The van der Waals surface area contributed by atoms with Crippen molar-refractivity contribution in [2.45, 2.75) is 37.8 Å². The van der Waals surface area contributed by atoms with Crippen molar-refractivity contribution in [1.29, 1.82) is 0 Å². The summed E-state index contributed by atoms with van der Waals surface area (Å²) in [5.41, 5.74) is -0.152. The van der Waals surface area contributed by atoms with Gasteiger partial charge in [-0.25, -0.2) is 9.18 Å². The van der Waals surface area contributed by atoms with Gasteiger partial charge in [0.25, 0.3) is 0 Å². The molecule has 0 saturated carbocycles. The number of benzene rings is 1. The van der Waals surface area contributed by atoms with Gasteiger partial charge in [-0.3, -0.25) is 4.79 Å². The highest BCUT2D eigenvalue weighted by atomic mass is 19.1. The van der Waals surface area contributed by atoms with Crippen molar-refractivity contribution in [3.63, 3.8) is 0 Å². The molecule has 6 nitrogen and oxygen atoms in total. The molecule has 0 spiro atoms. The Hall–Kier alpha value is -2.67. The molecular weight excluding hydrogens is 351 g/mol. The summed E-state index contributed by atoms with van der Waals surface area (Å²) in [4.78, 5) is 24.1. The molecule has 4 rings (SSSR count). The van der Waals surface area contributed by atoms with E-state index in [9.17, 15) is 19.1 Å². The molecular formula is C20H21FN2O4. The monoisotopic (exact) mass is 372 g/mol. The number of allylic oxidation sites excluding steroid dienone is 2. The number of anilines is 1. The lowest BCUT2D eigenvalue weighted by Gasteiger charge is -2.25. The minimum Gasteiger partial charge on any atom is -0.477 e. The number of ether oxygens (including phenoxy) is 1. The van der Waals surface area contributed by atoms with E-state index in [0.717, 1.165) is 31.7 Å². The van der Waals surface area contributed by atoms with Crippen LogP contribution in [0.2, 0.25) is 0 Å². The van der Waals surface area contributed by atoms with Crippen molar-refractivity contribution in [3.8, 4) is 0 Å². The van der Waals surface area contributed by atoms with E-state index in [1.54, 1.807) is 10.6 Å². The van der Waals surface area contributed by atoms with E-state index < -0.39 is 17.2 Å². The second kappa shape index (κ2) is 7.15. The molecule has 2 N–H and O–H groups in total. The number of aromatic nitrogens is 1. The zero-order valence-electron chi connectivity index (χ0n) is 14.8. The Kier molecular flexibility index (Phi) is 4.70. The average Bonchev–Trinajstić information content (AvgIpc) is 3.18. The number of nitrogens with one attached hydrogen (secondary N) is 1. The second-order valence-electron chi connectivity index (χ2n) is 7.09. The van der Waals surface area contributed by atoms with Gasteiger partial charge in [0, 0.05) is 30.3 Å². The number of aromatic carboxylic acids is 1. The highest BCUT2D eigenvalue weighted by Gasteiger charge is 2.22. The van der Waals surface area contributed by atoms with Crippen LogP contribution in [0.1, 0.15) is 42.1 Å². The zero-order valence-corrected chi connectivity index (χ0v) is 14.8. The molecule has 1 saturated heterocycles. The molecule has 1 aromatic heterocycles. The Bertz CT molecular complexity index is 968. The van der Waals surface area contributed by atoms with Crippen LogP contribution in [-0.4, -0.2) is 34.9 Å². The first kappa shape index (κ1) is 17.7. The summed E-state index contributed by atoms with van der Waals surface area (Å²) in [6.07, 6.45) is 8.72. The lowest BCUT2D eigenvalue weighted by Crippen LogP contribution is -2.30. The van der Waals surface area contributed by atoms with Crippen molar-refractivity contribution in [1.82, 2.24) is 4.57 Å². The molecule has 1 atom stereocenters. The van der Waals surface area contributed by atoms with Gasteiger partial charge in [-0.2, -0.15) is 0 Å². The van der Waals surface area contributed by atoms with Crippen LogP contribution >= 0.6 is 0 Å². The van der Waals surface area contributed by atoms with E-state index in [1.165, 1.54) is 6.20 Å². The number of rotatable bonds is 4. The Labute approximate surface area is 155 Å². The van der Waals surface area contributed by atoms with Gasteiger partial charge in [0.05, 0.1) is 17.8 Å². The van der Waals surface area contributed by atoms with Gasteiger partial charge in [0.1, 0.15) is 11.4 Å². The summed E-state index contributed by atoms with van der Waals surface area (Å²) in [7, 11) is 0. The number of hydrogen-bond acceptors (Lipinski definition) is 4. The predicted octanol–water partition coefficient (Wildman–Crippen LogP) is 3.32. The van der Waals surface area contributed by atoms with Crippen LogP contribution in [0.5, 0.6) is 0 Å². The van der Waals surface area contributed by atoms with E-state index in [0.29, 0.717) is 24.4 Å². The van der Waals surface area contributed by atoms with Crippen molar-refractivity contribution in [2.75, 3.05) is 18.5 Å². The maximum Gasteiger partial charge on any atom is 0.341 e. The molecule has 0 radical (unpaired) electrons. The molecule has 142 valence electrons. The summed E-state index contributed by atoms with van der Waals surface area (Å²) in [5, 5.41) is 12.6. The molecule has 0 bridgehead atoms. The molecule has 1 aromatic carbocycles. The topological polar surface area (TPSA) is 80.6 Å². The lowest BCUT2D eigenvalue weighted by molar-refractivity contribution is 0.0694. The number of fused-ring (bicyclic) bond motifs is 1. The Morgan fingerprint density at radius 1 is 1.30 bits per heavy atom. The second-order valence-corrected chi connectivity index (χ2v) is 7.09. The van der Waals surface area contributed by atoms with Crippen LogP contribution in [0.3, 0.4) is 0 Å². The number of hydrogen-bond donors (Lipinski definition) is 2. The first-order valence-electron chi connectivity index (χ1n) is 9.15. The molecule has 1 unspecified atom stereocenters. The molecule has 1 fully saturated rings. The number of carbonyl (C=O) groups is 1. The molecule has 1 aliphatic heterocycles. The van der Waals surface area contributed by atoms with E-state index in [-0.39, 0.29) is 23.0 Å². The van der Waals surface area contributed by atoms with Crippen molar-refractivity contribution in [3.05, 3.63) is 52.1 Å². The Balaban J connectivity index is 1.85. The predicted molar refractivity (Wildman–Crippen MR) is 100 cm³/mol. The van der Waals surface area contributed by atoms with Gasteiger partial charge in [0.15, 0.2) is 0 Å². The molecule has 7 heteroatoms. The highest BCUT2D eigenvalue weighted by Crippen LogP contribution is 2.30. The SMILES string of the molecule is O=C(O)c1cn(C2CC=CC2)c2cc(NC3CCCOC3)c(F)cc2c1=O. The summed E-state index contributed by atoms with van der Waals surface area (Å²) < 4.78 is 21.9. The smallest absolute Gasteiger partial charge is 0.341 e. The van der Waals surface area contributed by atoms with Crippen LogP contribution in [0.15, 0.2) is 35.3 Å². The van der Waals surface area contributed by atoms with Crippen LogP contribution in [0.4, 0.5) is 10.1 Å². The van der Waals surface area contributed by atoms with Gasteiger partial charge in [-0.05, 0) is 37.8 Å². The van der Waals surface area contributed by atoms with Crippen molar-refractivity contribution >= 4 is 22.6 Å². The minimum atomic E-state index is -1.30. The third kappa shape index (κ3) is 3.35. The van der Waals surface area contributed by atoms with Crippen LogP contribution < -0.4 is 10.7 Å². The minimum absolute atomic E-state index is 0.0114. The normalized spacial score (nSPS) is 20.3. The van der Waals surface area contributed by atoms with Crippen molar-refractivity contribution < 1.29 is 19.0 Å². The Morgan fingerprint density at radius 2 is 2.07 bits per heavy atom. The number of pyridine rings is 1. The number of nitrogens with zero attached hydrogens (tertiary/aromatic N) is 1. The van der Waals surface area contributed by atoms with Gasteiger partial charge in [0.2, 0.25) is 5.43 Å². The summed E-state index contributed by atoms with van der Waals surface area (Å²) in [5.74, 6) is -1.87. The van der Waals surface area contributed by atoms with E-state index >= 15 is 0 Å². The zero-order chi connectivity index (χ0) is 19.0. The molecule has 27 heavy (non-hydrogen) atoms. The largest absolute Gasteiger partial charge is 0.477 e. The van der Waals surface area contributed by atoms with Crippen LogP contribution in [-0.2, 0) is 4.74 Å². The van der Waals surface area contributed by atoms with E-state index in [4.69, 9.17) is 4.74 Å². The maximum absolute atomic E-state index is 14.7. The van der Waals surface area contributed by atoms with E-state index in [1.807, 2.05) is 12.2 Å². The maximum atomic E-state index is 14.7. The number of carboxylic acids is 1. The summed E-state index contributed by atoms with van der Waals surface area (Å²) >= 11 is 0. The molecule has 1 aliphatic carbocycles. The first-order chi connectivity index (χ1) is 13.0. The fourth-order valence-corrected chi connectivity index (χ4v) is 3.84.